The summed E-state index contributed by atoms with van der Waals surface area (Å²) in [5, 5.41) is 16.2. The summed E-state index contributed by atoms with van der Waals surface area (Å²) in [6.45, 7) is 8.55. The molecule has 2 aromatic carbocycles. The predicted octanol–water partition coefficient (Wildman–Crippen LogP) is 6.84. The molecule has 4 heterocycles. The highest BCUT2D eigenvalue weighted by atomic mass is 19.1. The first kappa shape index (κ1) is 24.8. The van der Waals surface area contributed by atoms with Gasteiger partial charge in [-0.3, -0.25) is 4.98 Å². The maximum absolute atomic E-state index is 16.1. The molecule has 0 spiro atoms. The van der Waals surface area contributed by atoms with Crippen molar-refractivity contribution in [1.29, 1.82) is 0 Å². The number of aliphatic hydroxyl groups is 1. The topological polar surface area (TPSA) is 73.3 Å². The monoisotopic (exact) mass is 513 g/mol. The van der Waals surface area contributed by atoms with Crippen molar-refractivity contribution in [3.05, 3.63) is 83.3 Å². The van der Waals surface area contributed by atoms with Gasteiger partial charge in [0.15, 0.2) is 0 Å². The van der Waals surface area contributed by atoms with Gasteiger partial charge in [-0.05, 0) is 75.8 Å². The molecule has 0 saturated carbocycles. The minimum absolute atomic E-state index is 0.0588. The molecule has 38 heavy (non-hydrogen) atoms. The normalized spacial score (nSPS) is 15.9. The van der Waals surface area contributed by atoms with E-state index in [0.717, 1.165) is 51.6 Å². The first-order valence-corrected chi connectivity index (χ1v) is 13.2. The Morgan fingerprint density at radius 1 is 1.05 bits per heavy atom. The molecule has 7 heteroatoms. The van der Waals surface area contributed by atoms with Crippen LogP contribution in [0.5, 0.6) is 0 Å². The van der Waals surface area contributed by atoms with E-state index in [1.54, 1.807) is 26.1 Å². The van der Waals surface area contributed by atoms with Gasteiger partial charge in [0.05, 0.1) is 28.5 Å². The molecule has 3 aromatic heterocycles. The highest BCUT2D eigenvalue weighted by Gasteiger charge is 2.32. The van der Waals surface area contributed by atoms with Gasteiger partial charge in [0.25, 0.3) is 0 Å². The number of aromatic nitrogens is 3. The summed E-state index contributed by atoms with van der Waals surface area (Å²) in [5.41, 5.74) is 4.44. The van der Waals surface area contributed by atoms with Gasteiger partial charge in [0, 0.05) is 35.7 Å². The maximum atomic E-state index is 16.1. The summed E-state index contributed by atoms with van der Waals surface area (Å²) in [7, 11) is 0. The number of halogens is 1. The number of fused-ring (bicyclic) bond motifs is 3. The van der Waals surface area contributed by atoms with E-state index >= 15 is 4.39 Å². The van der Waals surface area contributed by atoms with Crippen LogP contribution in [0.3, 0.4) is 0 Å². The molecule has 1 aliphatic heterocycles. The first-order chi connectivity index (χ1) is 18.2. The summed E-state index contributed by atoms with van der Waals surface area (Å²) >= 11 is 0. The molecule has 196 valence electrons. The largest absolute Gasteiger partial charge is 0.384 e. The molecule has 5 aromatic rings. The minimum atomic E-state index is -1.14. The molecular formula is C31H32FN3O3. The van der Waals surface area contributed by atoms with Crippen molar-refractivity contribution < 1.29 is 18.8 Å². The van der Waals surface area contributed by atoms with Crippen molar-refractivity contribution in [2.45, 2.75) is 52.2 Å². The molecule has 6 nitrogen and oxygen atoms in total. The molecule has 0 aliphatic carbocycles. The third-order valence-electron chi connectivity index (χ3n) is 7.82. The van der Waals surface area contributed by atoms with Crippen LogP contribution in [0.2, 0.25) is 0 Å². The Labute approximate surface area is 221 Å². The van der Waals surface area contributed by atoms with Gasteiger partial charge in [-0.15, -0.1) is 0 Å². The molecular weight excluding hydrogens is 481 g/mol. The van der Waals surface area contributed by atoms with E-state index in [0.29, 0.717) is 30.1 Å². The lowest BCUT2D eigenvalue weighted by molar-refractivity contribution is 0.0552. The van der Waals surface area contributed by atoms with Crippen LogP contribution in [0, 0.1) is 25.6 Å². The van der Waals surface area contributed by atoms with Crippen LogP contribution in [-0.4, -0.2) is 33.0 Å². The molecule has 1 aliphatic rings. The lowest BCUT2D eigenvalue weighted by atomic mass is 9.86. The number of rotatable bonds is 5. The van der Waals surface area contributed by atoms with E-state index in [4.69, 9.17) is 9.26 Å². The molecule has 6 rings (SSSR count). The van der Waals surface area contributed by atoms with Crippen LogP contribution < -0.4 is 0 Å². The average Bonchev–Trinajstić information content (AvgIpc) is 3.41. The van der Waals surface area contributed by atoms with Gasteiger partial charge in [0.2, 0.25) is 0 Å². The molecule has 1 N–H and O–H groups in total. The third kappa shape index (κ3) is 4.10. The standard InChI is InChI=1S/C31H32FN3O3/c1-18-28(19(2)38-34-18)22-14-24(32)29-23-17-33-27(31(3,4)36)16-25(23)35(26(29)15-22)30(20-8-6-5-7-9-20)21-10-12-37-13-11-21/h5-9,14-17,21,30,36H,10-13H2,1-4H3. The molecule has 0 amide bonds. The second kappa shape index (κ2) is 9.33. The second-order valence-electron chi connectivity index (χ2n) is 10.9. The SMILES string of the molecule is Cc1noc(C)c1-c1cc(F)c2c3cnc(C(C)(C)O)cc3n(C(c3ccccc3)C3CCOCC3)c2c1. The van der Waals surface area contributed by atoms with Gasteiger partial charge in [-0.25, -0.2) is 4.39 Å². The zero-order chi connectivity index (χ0) is 26.6. The molecule has 0 radical (unpaired) electrons. The Morgan fingerprint density at radius 3 is 2.45 bits per heavy atom. The fraction of sp³-hybridized carbons (Fsp3) is 0.355. The third-order valence-corrected chi connectivity index (χ3v) is 7.82. The summed E-state index contributed by atoms with van der Waals surface area (Å²) in [6.07, 6.45) is 3.50. The van der Waals surface area contributed by atoms with Crippen LogP contribution in [-0.2, 0) is 10.3 Å². The quantitative estimate of drug-likeness (QED) is 0.278. The number of pyridine rings is 1. The predicted molar refractivity (Wildman–Crippen MR) is 146 cm³/mol. The van der Waals surface area contributed by atoms with Crippen molar-refractivity contribution in [3.8, 4) is 11.1 Å². The highest BCUT2D eigenvalue weighted by molar-refractivity contribution is 6.09. The highest BCUT2D eigenvalue weighted by Crippen LogP contribution is 2.43. The number of benzene rings is 2. The van der Waals surface area contributed by atoms with E-state index < -0.39 is 5.60 Å². The van der Waals surface area contributed by atoms with E-state index in [2.05, 4.69) is 39.0 Å². The van der Waals surface area contributed by atoms with E-state index in [9.17, 15) is 5.11 Å². The Hall–Kier alpha value is -3.55. The molecule has 0 bridgehead atoms. The zero-order valence-corrected chi connectivity index (χ0v) is 22.2. The lowest BCUT2D eigenvalue weighted by Gasteiger charge is -2.33. The maximum Gasteiger partial charge on any atom is 0.141 e. The number of hydrogen-bond acceptors (Lipinski definition) is 5. The summed E-state index contributed by atoms with van der Waals surface area (Å²) in [4.78, 5) is 4.55. The van der Waals surface area contributed by atoms with Crippen molar-refractivity contribution >= 4 is 21.8 Å². The van der Waals surface area contributed by atoms with E-state index in [1.165, 1.54) is 0 Å². The Kier molecular flexibility index (Phi) is 6.08. The van der Waals surface area contributed by atoms with Gasteiger partial charge in [-0.1, -0.05) is 35.5 Å². The Morgan fingerprint density at radius 2 is 1.79 bits per heavy atom. The van der Waals surface area contributed by atoms with E-state index in [1.807, 2.05) is 32.0 Å². The minimum Gasteiger partial charge on any atom is -0.384 e. The molecule has 1 unspecified atom stereocenters. The van der Waals surface area contributed by atoms with Crippen molar-refractivity contribution in [2.24, 2.45) is 5.92 Å². The molecule has 1 atom stereocenters. The van der Waals surface area contributed by atoms with Gasteiger partial charge in [-0.2, -0.15) is 0 Å². The Bertz CT molecular complexity index is 1610. The van der Waals surface area contributed by atoms with E-state index in [-0.39, 0.29) is 17.8 Å². The number of hydrogen-bond donors (Lipinski definition) is 1. The van der Waals surface area contributed by atoms with Crippen LogP contribution in [0.4, 0.5) is 4.39 Å². The fourth-order valence-corrected chi connectivity index (χ4v) is 6.00. The average molecular weight is 514 g/mol. The second-order valence-corrected chi connectivity index (χ2v) is 10.9. The Balaban J connectivity index is 1.73. The van der Waals surface area contributed by atoms with Crippen molar-refractivity contribution in [2.75, 3.05) is 13.2 Å². The van der Waals surface area contributed by atoms with Crippen LogP contribution in [0.15, 0.2) is 59.3 Å². The summed E-state index contributed by atoms with van der Waals surface area (Å²) < 4.78 is 29.5. The van der Waals surface area contributed by atoms with Crippen molar-refractivity contribution in [3.63, 3.8) is 0 Å². The van der Waals surface area contributed by atoms with Crippen LogP contribution >= 0.6 is 0 Å². The van der Waals surface area contributed by atoms with Crippen molar-refractivity contribution in [1.82, 2.24) is 14.7 Å². The van der Waals surface area contributed by atoms with Crippen LogP contribution in [0.25, 0.3) is 32.9 Å². The summed E-state index contributed by atoms with van der Waals surface area (Å²) in [6, 6.07) is 15.9. The fourth-order valence-electron chi connectivity index (χ4n) is 6.00. The molecule has 1 fully saturated rings. The molecule has 1 saturated heterocycles. The number of nitrogens with zero attached hydrogens (tertiary/aromatic N) is 3. The number of aryl methyl sites for hydroxylation is 2. The van der Waals surface area contributed by atoms with Gasteiger partial charge >= 0.3 is 0 Å². The number of ether oxygens (including phenoxy) is 1. The zero-order valence-electron chi connectivity index (χ0n) is 22.2. The first-order valence-electron chi connectivity index (χ1n) is 13.2. The summed E-state index contributed by atoms with van der Waals surface area (Å²) in [5.74, 6) is 0.617. The van der Waals surface area contributed by atoms with Crippen LogP contribution in [0.1, 0.15) is 55.4 Å². The lowest BCUT2D eigenvalue weighted by Crippen LogP contribution is -2.27. The van der Waals surface area contributed by atoms with Gasteiger partial charge in [0.1, 0.15) is 17.2 Å². The van der Waals surface area contributed by atoms with Gasteiger partial charge < -0.3 is 18.9 Å². The smallest absolute Gasteiger partial charge is 0.141 e.